The van der Waals surface area contributed by atoms with E-state index in [4.69, 9.17) is 4.74 Å². The molecule has 3 heteroatoms. The van der Waals surface area contributed by atoms with E-state index in [9.17, 15) is 9.90 Å². The molecule has 1 rings (SSSR count). The fourth-order valence-corrected chi connectivity index (χ4v) is 1.42. The average molecular weight is 222 g/mol. The second-order valence-electron chi connectivity index (χ2n) is 3.98. The van der Waals surface area contributed by atoms with Crippen LogP contribution in [0.15, 0.2) is 30.3 Å². The minimum absolute atomic E-state index is 0.292. The van der Waals surface area contributed by atoms with Crippen LogP contribution in [0.4, 0.5) is 0 Å². The maximum atomic E-state index is 11.4. The summed E-state index contributed by atoms with van der Waals surface area (Å²) in [6, 6.07) is 9.76. The number of hydrogen-bond acceptors (Lipinski definition) is 3. The number of ether oxygens (including phenoxy) is 1. The molecular weight excluding hydrogens is 204 g/mol. The highest BCUT2D eigenvalue weighted by molar-refractivity contribution is 5.78. The minimum Gasteiger partial charge on any atom is -0.464 e. The molecule has 0 amide bonds. The Balaban J connectivity index is 2.51. The van der Waals surface area contributed by atoms with Gasteiger partial charge in [-0.3, -0.25) is 0 Å². The Morgan fingerprint density at radius 1 is 1.38 bits per heavy atom. The van der Waals surface area contributed by atoms with Crippen LogP contribution in [-0.4, -0.2) is 23.3 Å². The molecule has 1 atom stereocenters. The van der Waals surface area contributed by atoms with Crippen LogP contribution in [0.3, 0.4) is 0 Å². The lowest BCUT2D eigenvalue weighted by Gasteiger charge is -2.20. The molecule has 1 N–H and O–H groups in total. The number of carbonyl (C=O) groups is 1. The van der Waals surface area contributed by atoms with Crippen LogP contribution in [0.25, 0.3) is 0 Å². The van der Waals surface area contributed by atoms with Crippen LogP contribution in [0, 0.1) is 0 Å². The topological polar surface area (TPSA) is 46.5 Å². The van der Waals surface area contributed by atoms with Crippen molar-refractivity contribution < 1.29 is 14.6 Å². The Labute approximate surface area is 96.1 Å². The van der Waals surface area contributed by atoms with Crippen molar-refractivity contribution in [1.82, 2.24) is 0 Å². The van der Waals surface area contributed by atoms with Crippen molar-refractivity contribution in [3.63, 3.8) is 0 Å². The summed E-state index contributed by atoms with van der Waals surface area (Å²) in [6.07, 6.45) is 1.03. The molecule has 0 saturated carbocycles. The zero-order chi connectivity index (χ0) is 12.0. The minimum atomic E-state index is -1.40. The smallest absolute Gasteiger partial charge is 0.337 e. The monoisotopic (exact) mass is 222 g/mol. The van der Waals surface area contributed by atoms with E-state index < -0.39 is 11.6 Å². The molecule has 0 heterocycles. The predicted molar refractivity (Wildman–Crippen MR) is 62.0 cm³/mol. The third-order valence-corrected chi connectivity index (χ3v) is 2.46. The summed E-state index contributed by atoms with van der Waals surface area (Å²) in [6.45, 7) is 3.51. The molecule has 0 radical (unpaired) electrons. The predicted octanol–water partition coefficient (Wildman–Crippen LogP) is 1.93. The highest BCUT2D eigenvalue weighted by Gasteiger charge is 2.31. The van der Waals surface area contributed by atoms with Gasteiger partial charge in [-0.1, -0.05) is 30.3 Å². The van der Waals surface area contributed by atoms with Gasteiger partial charge < -0.3 is 9.84 Å². The zero-order valence-corrected chi connectivity index (χ0v) is 9.77. The second kappa shape index (κ2) is 5.66. The molecule has 0 aliphatic carbocycles. The summed E-state index contributed by atoms with van der Waals surface area (Å²) in [4.78, 5) is 11.4. The Morgan fingerprint density at radius 3 is 2.56 bits per heavy atom. The molecule has 0 fully saturated rings. The number of benzene rings is 1. The average Bonchev–Trinajstić information content (AvgIpc) is 2.28. The van der Waals surface area contributed by atoms with Crippen LogP contribution < -0.4 is 0 Å². The van der Waals surface area contributed by atoms with Gasteiger partial charge in [0.25, 0.3) is 0 Å². The van der Waals surface area contributed by atoms with Crippen LogP contribution in [-0.2, 0) is 16.0 Å². The van der Waals surface area contributed by atoms with E-state index in [1.165, 1.54) is 6.92 Å². The number of aryl methyl sites for hydroxylation is 1. The normalized spacial score (nSPS) is 14.2. The maximum Gasteiger partial charge on any atom is 0.337 e. The molecule has 16 heavy (non-hydrogen) atoms. The van der Waals surface area contributed by atoms with Gasteiger partial charge in [-0.2, -0.15) is 0 Å². The molecule has 3 nitrogen and oxygen atoms in total. The summed E-state index contributed by atoms with van der Waals surface area (Å²) in [7, 11) is 0. The van der Waals surface area contributed by atoms with Gasteiger partial charge in [-0.25, -0.2) is 4.79 Å². The van der Waals surface area contributed by atoms with Crippen LogP contribution in [0.2, 0.25) is 0 Å². The summed E-state index contributed by atoms with van der Waals surface area (Å²) in [5.41, 5.74) is -0.293. The molecule has 0 aliphatic rings. The highest BCUT2D eigenvalue weighted by atomic mass is 16.5. The summed E-state index contributed by atoms with van der Waals surface area (Å²) < 4.78 is 4.81. The van der Waals surface area contributed by atoms with Crippen LogP contribution in [0.1, 0.15) is 25.8 Å². The van der Waals surface area contributed by atoms with Crippen LogP contribution >= 0.6 is 0 Å². The first-order valence-electron chi connectivity index (χ1n) is 5.50. The molecule has 1 aromatic carbocycles. The van der Waals surface area contributed by atoms with E-state index in [-0.39, 0.29) is 0 Å². The molecule has 1 aromatic rings. The number of rotatable bonds is 5. The summed E-state index contributed by atoms with van der Waals surface area (Å²) in [5, 5.41) is 9.90. The van der Waals surface area contributed by atoms with Crippen molar-refractivity contribution in [3.05, 3.63) is 35.9 Å². The Kier molecular flexibility index (Phi) is 4.50. The van der Waals surface area contributed by atoms with Gasteiger partial charge in [-0.05, 0) is 32.3 Å². The first kappa shape index (κ1) is 12.7. The highest BCUT2D eigenvalue weighted by Crippen LogP contribution is 2.15. The molecular formula is C13H18O3. The number of esters is 1. The fraction of sp³-hybridized carbons (Fsp3) is 0.462. The number of aliphatic hydroxyl groups is 1. The van der Waals surface area contributed by atoms with Crippen molar-refractivity contribution >= 4 is 5.97 Å². The number of hydrogen-bond donors (Lipinski definition) is 1. The Morgan fingerprint density at radius 2 is 2.00 bits per heavy atom. The SMILES string of the molecule is CCOC(=O)[C@](C)(O)CCc1ccccc1. The van der Waals surface area contributed by atoms with E-state index in [1.54, 1.807) is 6.92 Å². The van der Waals surface area contributed by atoms with Gasteiger partial charge in [0.2, 0.25) is 0 Å². The van der Waals surface area contributed by atoms with Gasteiger partial charge in [0.05, 0.1) is 6.61 Å². The standard InChI is InChI=1S/C13H18O3/c1-3-16-12(14)13(2,15)10-9-11-7-5-4-6-8-11/h4-8,15H,3,9-10H2,1-2H3/t13-/m1/s1. The van der Waals surface area contributed by atoms with Crippen molar-refractivity contribution in [3.8, 4) is 0 Å². The fourth-order valence-electron chi connectivity index (χ4n) is 1.42. The lowest BCUT2D eigenvalue weighted by molar-refractivity contribution is -0.163. The second-order valence-corrected chi connectivity index (χ2v) is 3.98. The largest absolute Gasteiger partial charge is 0.464 e. The maximum absolute atomic E-state index is 11.4. The van der Waals surface area contributed by atoms with E-state index in [0.29, 0.717) is 19.4 Å². The van der Waals surface area contributed by atoms with E-state index in [2.05, 4.69) is 0 Å². The molecule has 0 bridgehead atoms. The summed E-state index contributed by atoms with van der Waals surface area (Å²) >= 11 is 0. The Bertz CT molecular complexity index is 330. The van der Waals surface area contributed by atoms with E-state index in [1.807, 2.05) is 30.3 Å². The third-order valence-electron chi connectivity index (χ3n) is 2.46. The van der Waals surface area contributed by atoms with Crippen molar-refractivity contribution in [2.75, 3.05) is 6.61 Å². The van der Waals surface area contributed by atoms with Gasteiger partial charge in [-0.15, -0.1) is 0 Å². The molecule has 0 unspecified atom stereocenters. The van der Waals surface area contributed by atoms with Gasteiger partial charge >= 0.3 is 5.97 Å². The number of carbonyl (C=O) groups excluding carboxylic acids is 1. The Hall–Kier alpha value is -1.35. The van der Waals surface area contributed by atoms with Gasteiger partial charge in [0, 0.05) is 0 Å². The molecule has 0 saturated heterocycles. The zero-order valence-electron chi connectivity index (χ0n) is 9.77. The summed E-state index contributed by atoms with van der Waals surface area (Å²) in [5.74, 6) is -0.550. The lowest BCUT2D eigenvalue weighted by Crippen LogP contribution is -2.37. The first-order chi connectivity index (χ1) is 7.56. The van der Waals surface area contributed by atoms with Gasteiger partial charge in [0.1, 0.15) is 0 Å². The first-order valence-corrected chi connectivity index (χ1v) is 5.50. The van der Waals surface area contributed by atoms with Crippen molar-refractivity contribution in [2.45, 2.75) is 32.3 Å². The lowest BCUT2D eigenvalue weighted by atomic mass is 9.97. The molecule has 0 spiro atoms. The third kappa shape index (κ3) is 3.66. The van der Waals surface area contributed by atoms with E-state index in [0.717, 1.165) is 5.56 Å². The van der Waals surface area contributed by atoms with Crippen molar-refractivity contribution in [2.24, 2.45) is 0 Å². The molecule has 0 aliphatic heterocycles. The van der Waals surface area contributed by atoms with E-state index >= 15 is 0 Å². The van der Waals surface area contributed by atoms with Gasteiger partial charge in [0.15, 0.2) is 5.60 Å². The van der Waals surface area contributed by atoms with Crippen LogP contribution in [0.5, 0.6) is 0 Å². The molecule has 88 valence electrons. The quantitative estimate of drug-likeness (QED) is 0.774. The molecule has 0 aromatic heterocycles. The van der Waals surface area contributed by atoms with Crippen molar-refractivity contribution in [1.29, 1.82) is 0 Å².